The summed E-state index contributed by atoms with van der Waals surface area (Å²) in [5, 5.41) is 0. The molecule has 1 rings (SSSR count). The molecule has 0 atom stereocenters. The van der Waals surface area contributed by atoms with Gasteiger partial charge in [-0.3, -0.25) is 4.79 Å². The lowest BCUT2D eigenvalue weighted by molar-refractivity contribution is 0.0975. The molecule has 2 heteroatoms. The van der Waals surface area contributed by atoms with Gasteiger partial charge in [-0.05, 0) is 43.0 Å². The Morgan fingerprint density at radius 2 is 2.00 bits per heavy atom. The van der Waals surface area contributed by atoms with Crippen LogP contribution in [0.15, 0.2) is 22.7 Å². The monoisotopic (exact) mass is 268 g/mol. The number of carbonyl (C=O) groups is 1. The molecule has 0 unspecified atom stereocenters. The molecule has 15 heavy (non-hydrogen) atoms. The highest BCUT2D eigenvalue weighted by Crippen LogP contribution is 2.17. The lowest BCUT2D eigenvalue weighted by atomic mass is 10.0. The first-order valence-electron chi connectivity index (χ1n) is 5.29. The summed E-state index contributed by atoms with van der Waals surface area (Å²) < 4.78 is 0.982. The highest BCUT2D eigenvalue weighted by Gasteiger charge is 2.08. The van der Waals surface area contributed by atoms with E-state index in [9.17, 15) is 4.79 Å². The van der Waals surface area contributed by atoms with Crippen molar-refractivity contribution in [3.63, 3.8) is 0 Å². The fourth-order valence-corrected chi connectivity index (χ4v) is 2.07. The first-order valence-corrected chi connectivity index (χ1v) is 6.08. The standard InChI is InChI=1S/C13H17BrO/c1-9(2)4-5-13(15)11-6-10(3)7-12(14)8-11/h6-9H,4-5H2,1-3H3. The minimum atomic E-state index is 0.244. The van der Waals surface area contributed by atoms with E-state index in [0.717, 1.165) is 22.0 Å². The summed E-state index contributed by atoms with van der Waals surface area (Å²) >= 11 is 3.41. The van der Waals surface area contributed by atoms with Gasteiger partial charge in [-0.25, -0.2) is 0 Å². The smallest absolute Gasteiger partial charge is 0.162 e. The Bertz CT molecular complexity index is 335. The first kappa shape index (κ1) is 12.4. The van der Waals surface area contributed by atoms with Crippen LogP contribution in [0.2, 0.25) is 0 Å². The maximum Gasteiger partial charge on any atom is 0.162 e. The fraction of sp³-hybridized carbons (Fsp3) is 0.462. The molecular weight excluding hydrogens is 252 g/mol. The van der Waals surface area contributed by atoms with Gasteiger partial charge in [0.25, 0.3) is 0 Å². The minimum absolute atomic E-state index is 0.244. The summed E-state index contributed by atoms with van der Waals surface area (Å²) in [6, 6.07) is 5.86. The maximum absolute atomic E-state index is 11.8. The van der Waals surface area contributed by atoms with Gasteiger partial charge in [0.1, 0.15) is 0 Å². The number of ketones is 1. The molecule has 1 aromatic carbocycles. The third kappa shape index (κ3) is 4.17. The summed E-state index contributed by atoms with van der Waals surface area (Å²) in [5.74, 6) is 0.829. The van der Waals surface area contributed by atoms with Crippen LogP contribution in [0.1, 0.15) is 42.6 Å². The third-order valence-corrected chi connectivity index (χ3v) is 2.77. The van der Waals surface area contributed by atoms with Gasteiger partial charge in [0.2, 0.25) is 0 Å². The van der Waals surface area contributed by atoms with Gasteiger partial charge in [-0.1, -0.05) is 29.8 Å². The number of aryl methyl sites for hydroxylation is 1. The number of hydrogen-bond acceptors (Lipinski definition) is 1. The van der Waals surface area contributed by atoms with E-state index in [1.54, 1.807) is 0 Å². The normalized spacial score (nSPS) is 10.7. The van der Waals surface area contributed by atoms with E-state index in [1.165, 1.54) is 0 Å². The van der Waals surface area contributed by atoms with E-state index >= 15 is 0 Å². The summed E-state index contributed by atoms with van der Waals surface area (Å²) in [6.07, 6.45) is 1.61. The second-order valence-electron chi connectivity index (χ2n) is 4.37. The quantitative estimate of drug-likeness (QED) is 0.741. The predicted octanol–water partition coefficient (Wildman–Crippen LogP) is 4.38. The van der Waals surface area contributed by atoms with Gasteiger partial charge in [0.05, 0.1) is 0 Å². The van der Waals surface area contributed by atoms with Crippen LogP contribution in [0.5, 0.6) is 0 Å². The van der Waals surface area contributed by atoms with Crippen molar-refractivity contribution in [1.82, 2.24) is 0 Å². The van der Waals surface area contributed by atoms with Crippen LogP contribution in [0.4, 0.5) is 0 Å². The zero-order valence-electron chi connectivity index (χ0n) is 9.51. The zero-order chi connectivity index (χ0) is 11.4. The summed E-state index contributed by atoms with van der Waals surface area (Å²) in [6.45, 7) is 6.28. The van der Waals surface area contributed by atoms with Crippen molar-refractivity contribution in [2.75, 3.05) is 0 Å². The minimum Gasteiger partial charge on any atom is -0.294 e. The molecule has 0 fully saturated rings. The number of rotatable bonds is 4. The third-order valence-electron chi connectivity index (χ3n) is 2.31. The van der Waals surface area contributed by atoms with Gasteiger partial charge in [-0.2, -0.15) is 0 Å². The van der Waals surface area contributed by atoms with Gasteiger partial charge >= 0.3 is 0 Å². The molecule has 1 aromatic rings. The Morgan fingerprint density at radius 1 is 1.33 bits per heavy atom. The highest BCUT2D eigenvalue weighted by molar-refractivity contribution is 9.10. The van der Waals surface area contributed by atoms with Crippen molar-refractivity contribution >= 4 is 21.7 Å². The molecule has 0 heterocycles. The van der Waals surface area contributed by atoms with E-state index in [1.807, 2.05) is 25.1 Å². The van der Waals surface area contributed by atoms with Crippen LogP contribution >= 0.6 is 15.9 Å². The molecule has 0 N–H and O–H groups in total. The van der Waals surface area contributed by atoms with Gasteiger partial charge in [-0.15, -0.1) is 0 Å². The van der Waals surface area contributed by atoms with E-state index < -0.39 is 0 Å². The Labute approximate surface area is 100 Å². The Balaban J connectivity index is 2.73. The Kier molecular flexibility index (Phi) is 4.52. The number of hydrogen-bond donors (Lipinski definition) is 0. The van der Waals surface area contributed by atoms with Crippen molar-refractivity contribution in [3.05, 3.63) is 33.8 Å². The molecule has 0 saturated carbocycles. The van der Waals surface area contributed by atoms with Crippen molar-refractivity contribution in [1.29, 1.82) is 0 Å². The van der Waals surface area contributed by atoms with Crippen LogP contribution in [0.3, 0.4) is 0 Å². The molecule has 1 nitrogen and oxygen atoms in total. The number of carbonyl (C=O) groups excluding carboxylic acids is 1. The zero-order valence-corrected chi connectivity index (χ0v) is 11.1. The van der Waals surface area contributed by atoms with Crippen molar-refractivity contribution < 1.29 is 4.79 Å². The Morgan fingerprint density at radius 3 is 2.53 bits per heavy atom. The molecule has 0 aliphatic carbocycles. The molecule has 0 aliphatic rings. The summed E-state index contributed by atoms with van der Waals surface area (Å²) in [7, 11) is 0. The molecule has 0 amide bonds. The average Bonchev–Trinajstić information content (AvgIpc) is 2.12. The number of halogens is 1. The fourth-order valence-electron chi connectivity index (χ4n) is 1.46. The van der Waals surface area contributed by atoms with Gasteiger partial charge in [0.15, 0.2) is 5.78 Å². The molecule has 0 saturated heterocycles. The van der Waals surface area contributed by atoms with E-state index in [-0.39, 0.29) is 5.78 Å². The molecule has 0 bridgehead atoms. The molecule has 0 aromatic heterocycles. The largest absolute Gasteiger partial charge is 0.294 e. The molecule has 0 radical (unpaired) electrons. The lowest BCUT2D eigenvalue weighted by Gasteiger charge is -2.05. The topological polar surface area (TPSA) is 17.1 Å². The van der Waals surface area contributed by atoms with E-state index in [4.69, 9.17) is 0 Å². The second-order valence-corrected chi connectivity index (χ2v) is 5.29. The Hall–Kier alpha value is -0.630. The van der Waals surface area contributed by atoms with Crippen molar-refractivity contribution in [2.24, 2.45) is 5.92 Å². The molecule has 82 valence electrons. The predicted molar refractivity (Wildman–Crippen MR) is 67.3 cm³/mol. The maximum atomic E-state index is 11.8. The van der Waals surface area contributed by atoms with Crippen LogP contribution in [-0.4, -0.2) is 5.78 Å². The van der Waals surface area contributed by atoms with Crippen LogP contribution in [-0.2, 0) is 0 Å². The SMILES string of the molecule is Cc1cc(Br)cc(C(=O)CCC(C)C)c1. The molecule has 0 aliphatic heterocycles. The first-order chi connectivity index (χ1) is 6.99. The van der Waals surface area contributed by atoms with Gasteiger partial charge < -0.3 is 0 Å². The second kappa shape index (κ2) is 5.45. The average molecular weight is 269 g/mol. The molecular formula is C13H17BrO. The highest BCUT2D eigenvalue weighted by atomic mass is 79.9. The summed E-state index contributed by atoms with van der Waals surface area (Å²) in [4.78, 5) is 11.8. The van der Waals surface area contributed by atoms with Crippen LogP contribution in [0, 0.1) is 12.8 Å². The van der Waals surface area contributed by atoms with Crippen LogP contribution < -0.4 is 0 Å². The van der Waals surface area contributed by atoms with E-state index in [2.05, 4.69) is 29.8 Å². The van der Waals surface area contributed by atoms with Crippen molar-refractivity contribution in [3.8, 4) is 0 Å². The van der Waals surface area contributed by atoms with Crippen LogP contribution in [0.25, 0.3) is 0 Å². The lowest BCUT2D eigenvalue weighted by Crippen LogP contribution is -2.01. The van der Waals surface area contributed by atoms with Gasteiger partial charge in [0, 0.05) is 16.5 Å². The summed E-state index contributed by atoms with van der Waals surface area (Å²) in [5.41, 5.74) is 1.94. The number of Topliss-reactive ketones (excluding diaryl/α,β-unsaturated/α-hetero) is 1. The molecule has 0 spiro atoms. The number of benzene rings is 1. The van der Waals surface area contributed by atoms with Crippen molar-refractivity contribution in [2.45, 2.75) is 33.6 Å². The van der Waals surface area contributed by atoms with E-state index in [0.29, 0.717) is 12.3 Å².